The Morgan fingerprint density at radius 1 is 1.16 bits per heavy atom. The molecule has 196 valence electrons. The first-order chi connectivity index (χ1) is 17.6. The molecule has 0 bridgehead atoms. The fraction of sp³-hybridized carbons (Fsp3) is 0.400. The van der Waals surface area contributed by atoms with Gasteiger partial charge in [0, 0.05) is 43.9 Å². The van der Waals surface area contributed by atoms with Gasteiger partial charge in [0.1, 0.15) is 17.8 Å². The van der Waals surface area contributed by atoms with Crippen LogP contribution in [0.4, 0.5) is 17.6 Å². The van der Waals surface area contributed by atoms with Crippen LogP contribution in [0.15, 0.2) is 42.6 Å². The van der Waals surface area contributed by atoms with E-state index in [-0.39, 0.29) is 49.0 Å². The van der Waals surface area contributed by atoms with Gasteiger partial charge in [-0.05, 0) is 37.1 Å². The van der Waals surface area contributed by atoms with Crippen LogP contribution in [0, 0.1) is 5.82 Å². The first-order valence-electron chi connectivity index (χ1n) is 11.8. The Labute approximate surface area is 210 Å². The van der Waals surface area contributed by atoms with Crippen molar-refractivity contribution in [1.82, 2.24) is 24.5 Å². The first kappa shape index (κ1) is 25.3. The van der Waals surface area contributed by atoms with Crippen molar-refractivity contribution in [2.75, 3.05) is 26.8 Å². The summed E-state index contributed by atoms with van der Waals surface area (Å²) in [7, 11) is 1.52. The maximum atomic E-state index is 14.5. The first-order valence-corrected chi connectivity index (χ1v) is 11.8. The molecule has 5 rings (SSSR count). The van der Waals surface area contributed by atoms with E-state index in [1.165, 1.54) is 46.9 Å². The Balaban J connectivity index is 1.54. The third-order valence-corrected chi connectivity index (χ3v) is 6.37. The summed E-state index contributed by atoms with van der Waals surface area (Å²) in [6.07, 6.45) is -2.98. The van der Waals surface area contributed by atoms with E-state index in [0.29, 0.717) is 28.7 Å². The molecule has 0 spiro atoms. The zero-order valence-corrected chi connectivity index (χ0v) is 20.2. The lowest BCUT2D eigenvalue weighted by atomic mass is 10.1. The normalized spacial score (nSPS) is 18.5. The van der Waals surface area contributed by atoms with Gasteiger partial charge in [-0.1, -0.05) is 12.1 Å². The summed E-state index contributed by atoms with van der Waals surface area (Å²) in [5, 5.41) is 8.80. The van der Waals surface area contributed by atoms with E-state index in [9.17, 15) is 17.6 Å². The lowest BCUT2D eigenvalue weighted by Crippen LogP contribution is -2.38. The molecule has 0 amide bonds. The highest BCUT2D eigenvalue weighted by molar-refractivity contribution is 5.82. The van der Waals surface area contributed by atoms with Crippen molar-refractivity contribution in [3.05, 3.63) is 54.0 Å². The maximum Gasteiger partial charge on any atom is 0.408 e. The molecule has 4 aromatic rings. The van der Waals surface area contributed by atoms with Crippen molar-refractivity contribution >= 4 is 16.6 Å². The van der Waals surface area contributed by atoms with E-state index in [1.54, 1.807) is 19.1 Å². The molecule has 1 aliphatic rings. The number of nitrogens with two attached hydrogens (primary N) is 1. The number of benzene rings is 1. The standard InChI is InChI=1S/C25H26F4N6O2/c1-14(13-36-2)37-21-10-20-15(9-18(21)26)3-5-19(31-20)24-33-32-22-6-4-16(11-35(22)24)23(25(27,28)29)34-8-7-17(30)12-34/h3-6,9-11,14,17,23H,7-8,12-13,30H2,1-2H3/t14?,17?,23-/m1/s1. The number of rotatable bonds is 7. The van der Waals surface area contributed by atoms with Crippen LogP contribution in [0.2, 0.25) is 0 Å². The van der Waals surface area contributed by atoms with Crippen molar-refractivity contribution in [3.8, 4) is 17.3 Å². The van der Waals surface area contributed by atoms with Crippen LogP contribution in [-0.2, 0) is 4.74 Å². The van der Waals surface area contributed by atoms with Crippen LogP contribution >= 0.6 is 0 Å². The summed E-state index contributed by atoms with van der Waals surface area (Å²) in [6.45, 7) is 2.45. The average molecular weight is 519 g/mol. The van der Waals surface area contributed by atoms with Gasteiger partial charge in [-0.3, -0.25) is 9.30 Å². The van der Waals surface area contributed by atoms with Crippen LogP contribution in [-0.4, -0.2) is 69.6 Å². The monoisotopic (exact) mass is 518 g/mol. The highest BCUT2D eigenvalue weighted by Crippen LogP contribution is 2.39. The smallest absolute Gasteiger partial charge is 0.408 e. The van der Waals surface area contributed by atoms with Gasteiger partial charge in [0.05, 0.1) is 12.1 Å². The Hall–Kier alpha value is -3.35. The summed E-state index contributed by atoms with van der Waals surface area (Å²) < 4.78 is 69.1. The molecule has 2 N–H and O–H groups in total. The molecule has 1 saturated heterocycles. The number of pyridine rings is 2. The van der Waals surface area contributed by atoms with Gasteiger partial charge in [0.15, 0.2) is 23.0 Å². The molecule has 0 aliphatic carbocycles. The fourth-order valence-corrected chi connectivity index (χ4v) is 4.72. The second-order valence-corrected chi connectivity index (χ2v) is 9.26. The van der Waals surface area contributed by atoms with E-state index >= 15 is 0 Å². The van der Waals surface area contributed by atoms with Crippen molar-refractivity contribution in [1.29, 1.82) is 0 Å². The molecule has 2 unspecified atom stereocenters. The Morgan fingerprint density at radius 2 is 1.97 bits per heavy atom. The van der Waals surface area contributed by atoms with Crippen molar-refractivity contribution in [2.24, 2.45) is 5.73 Å². The second-order valence-electron chi connectivity index (χ2n) is 9.26. The number of likely N-dealkylation sites (tertiary alicyclic amines) is 1. The molecule has 0 saturated carbocycles. The highest BCUT2D eigenvalue weighted by atomic mass is 19.4. The molecule has 37 heavy (non-hydrogen) atoms. The van der Waals surface area contributed by atoms with Crippen molar-refractivity contribution in [2.45, 2.75) is 37.7 Å². The molecule has 1 fully saturated rings. The number of alkyl halides is 3. The molecule has 12 heteroatoms. The summed E-state index contributed by atoms with van der Waals surface area (Å²) in [4.78, 5) is 5.94. The Morgan fingerprint density at radius 3 is 2.68 bits per heavy atom. The minimum absolute atomic E-state index is 0.0203. The molecular weight excluding hydrogens is 492 g/mol. The average Bonchev–Trinajstić information content (AvgIpc) is 3.44. The maximum absolute atomic E-state index is 14.5. The van der Waals surface area contributed by atoms with Crippen LogP contribution in [0.25, 0.3) is 28.1 Å². The highest BCUT2D eigenvalue weighted by Gasteiger charge is 2.46. The van der Waals surface area contributed by atoms with E-state index in [4.69, 9.17) is 15.2 Å². The molecule has 1 aliphatic heterocycles. The number of hydrogen-bond donors (Lipinski definition) is 1. The lowest BCUT2D eigenvalue weighted by molar-refractivity contribution is -0.183. The molecule has 1 aromatic carbocycles. The number of nitrogens with zero attached hydrogens (tertiary/aromatic N) is 5. The molecular formula is C25H26F4N6O2. The minimum Gasteiger partial charge on any atom is -0.485 e. The zero-order chi connectivity index (χ0) is 26.3. The number of ether oxygens (including phenoxy) is 2. The van der Waals surface area contributed by atoms with E-state index < -0.39 is 18.0 Å². The number of fused-ring (bicyclic) bond motifs is 2. The van der Waals surface area contributed by atoms with Gasteiger partial charge in [0.25, 0.3) is 0 Å². The van der Waals surface area contributed by atoms with Crippen molar-refractivity contribution in [3.63, 3.8) is 0 Å². The van der Waals surface area contributed by atoms with Gasteiger partial charge in [-0.25, -0.2) is 9.37 Å². The molecule has 0 radical (unpaired) electrons. The fourth-order valence-electron chi connectivity index (χ4n) is 4.72. The largest absolute Gasteiger partial charge is 0.485 e. The number of halogens is 4. The summed E-state index contributed by atoms with van der Waals surface area (Å²) >= 11 is 0. The number of methoxy groups -OCH3 is 1. The van der Waals surface area contributed by atoms with E-state index in [0.717, 1.165) is 0 Å². The summed E-state index contributed by atoms with van der Waals surface area (Å²) in [6, 6.07) is 6.90. The van der Waals surface area contributed by atoms with Crippen LogP contribution in [0.3, 0.4) is 0 Å². The molecule has 4 heterocycles. The molecule has 3 aromatic heterocycles. The Bertz CT molecular complexity index is 1430. The van der Waals surface area contributed by atoms with Crippen molar-refractivity contribution < 1.29 is 27.0 Å². The van der Waals surface area contributed by atoms with Gasteiger partial charge in [-0.2, -0.15) is 13.2 Å². The van der Waals surface area contributed by atoms with E-state index in [2.05, 4.69) is 15.2 Å². The second kappa shape index (κ2) is 9.84. The summed E-state index contributed by atoms with van der Waals surface area (Å²) in [5.74, 6) is -0.258. The van der Waals surface area contributed by atoms with Crippen LogP contribution < -0.4 is 10.5 Å². The van der Waals surface area contributed by atoms with Gasteiger partial charge in [-0.15, -0.1) is 10.2 Å². The molecule has 3 atom stereocenters. The lowest BCUT2D eigenvalue weighted by Gasteiger charge is -2.30. The number of hydrogen-bond acceptors (Lipinski definition) is 7. The SMILES string of the molecule is COCC(C)Oc1cc2nc(-c3nnc4ccc([C@@H](N5CCC(N)C5)C(F)(F)F)cn34)ccc2cc1F. The predicted molar refractivity (Wildman–Crippen MR) is 129 cm³/mol. The topological polar surface area (TPSA) is 90.8 Å². The van der Waals surface area contributed by atoms with Crippen LogP contribution in [0.1, 0.15) is 24.9 Å². The Kier molecular flexibility index (Phi) is 6.73. The van der Waals surface area contributed by atoms with Gasteiger partial charge in [0.2, 0.25) is 0 Å². The molecule has 8 nitrogen and oxygen atoms in total. The third kappa shape index (κ3) is 5.09. The zero-order valence-electron chi connectivity index (χ0n) is 20.2. The van der Waals surface area contributed by atoms with Gasteiger partial charge < -0.3 is 15.2 Å². The number of aromatic nitrogens is 4. The van der Waals surface area contributed by atoms with Crippen LogP contribution in [0.5, 0.6) is 5.75 Å². The van der Waals surface area contributed by atoms with Gasteiger partial charge >= 0.3 is 6.18 Å². The predicted octanol–water partition coefficient (Wildman–Crippen LogP) is 4.13. The van der Waals surface area contributed by atoms with E-state index in [1.807, 2.05) is 0 Å². The third-order valence-electron chi connectivity index (χ3n) is 6.37. The quantitative estimate of drug-likeness (QED) is 0.368. The minimum atomic E-state index is -4.49. The summed E-state index contributed by atoms with van der Waals surface area (Å²) in [5.41, 5.74) is 7.11.